The highest BCUT2D eigenvalue weighted by atomic mass is 16.5. The van der Waals surface area contributed by atoms with Crippen LogP contribution in [0.3, 0.4) is 0 Å². The Morgan fingerprint density at radius 2 is 1.61 bits per heavy atom. The molecule has 5 saturated carbocycles. The van der Waals surface area contributed by atoms with Crippen LogP contribution in [0.15, 0.2) is 12.2 Å². The van der Waals surface area contributed by atoms with Crippen molar-refractivity contribution in [2.24, 2.45) is 56.7 Å². The average Bonchev–Trinajstić information content (AvgIpc) is 3.27. The van der Waals surface area contributed by atoms with Crippen LogP contribution in [0.4, 0.5) is 0 Å². The first-order valence-electron chi connectivity index (χ1n) is 15.5. The standard InChI is InChI=1S/C33H54O5/c1-20(2)38-28(37)33-15-10-22(21(3)18-34)27(33)23-8-9-25-29(4)13-12-26(36)30(5,19-35)24(29)11-14-32(25,7)31(23,6)16-17-33/h20,22-27,34-36H,3,8-19H2,1-2,4-7H3/t22-,23+,24+,25+,26-,27+,29-,30-,31+,32+,33-/m0/s1. The van der Waals surface area contributed by atoms with E-state index in [0.29, 0.717) is 17.8 Å². The maximum atomic E-state index is 13.8. The van der Waals surface area contributed by atoms with Crippen molar-refractivity contribution in [3.05, 3.63) is 12.2 Å². The first-order chi connectivity index (χ1) is 17.7. The molecule has 0 amide bonds. The highest BCUT2D eigenvalue weighted by Gasteiger charge is 2.72. The summed E-state index contributed by atoms with van der Waals surface area (Å²) in [7, 11) is 0. The fourth-order valence-corrected chi connectivity index (χ4v) is 11.9. The molecule has 0 unspecified atom stereocenters. The molecule has 5 heteroatoms. The number of esters is 1. The Morgan fingerprint density at radius 3 is 2.24 bits per heavy atom. The topological polar surface area (TPSA) is 87.0 Å². The monoisotopic (exact) mass is 530 g/mol. The molecule has 0 aromatic carbocycles. The first-order valence-corrected chi connectivity index (χ1v) is 15.5. The number of carbonyl (C=O) groups is 1. The second kappa shape index (κ2) is 9.31. The Hall–Kier alpha value is -0.910. The molecule has 0 saturated heterocycles. The Balaban J connectivity index is 1.55. The largest absolute Gasteiger partial charge is 0.463 e. The van der Waals surface area contributed by atoms with Crippen molar-refractivity contribution in [1.29, 1.82) is 0 Å². The van der Waals surface area contributed by atoms with Crippen molar-refractivity contribution in [3.8, 4) is 0 Å². The van der Waals surface area contributed by atoms with E-state index in [1.54, 1.807) is 0 Å². The average molecular weight is 531 g/mol. The number of aliphatic hydroxyl groups is 3. The van der Waals surface area contributed by atoms with Gasteiger partial charge in [0.05, 0.1) is 30.8 Å². The molecule has 11 atom stereocenters. The summed E-state index contributed by atoms with van der Waals surface area (Å²) in [6, 6.07) is 0. The fourth-order valence-electron chi connectivity index (χ4n) is 11.9. The molecule has 5 aliphatic rings. The second-order valence-corrected chi connectivity index (χ2v) is 15.5. The van der Waals surface area contributed by atoms with Gasteiger partial charge >= 0.3 is 5.97 Å². The number of hydrogen-bond donors (Lipinski definition) is 3. The number of carbonyl (C=O) groups excluding carboxylic acids is 1. The van der Waals surface area contributed by atoms with Crippen LogP contribution in [0.5, 0.6) is 0 Å². The molecule has 5 fully saturated rings. The second-order valence-electron chi connectivity index (χ2n) is 15.5. The van der Waals surface area contributed by atoms with Gasteiger partial charge in [0, 0.05) is 5.41 Å². The van der Waals surface area contributed by atoms with Crippen molar-refractivity contribution < 1.29 is 24.9 Å². The zero-order valence-corrected chi connectivity index (χ0v) is 24.9. The molecule has 5 aliphatic carbocycles. The van der Waals surface area contributed by atoms with Gasteiger partial charge in [-0.05, 0) is 129 Å². The lowest BCUT2D eigenvalue weighted by Gasteiger charge is -2.72. The summed E-state index contributed by atoms with van der Waals surface area (Å²) in [6.45, 7) is 17.9. The van der Waals surface area contributed by atoms with Gasteiger partial charge in [0.15, 0.2) is 0 Å². The lowest BCUT2D eigenvalue weighted by atomic mass is 9.32. The minimum Gasteiger partial charge on any atom is -0.463 e. The molecule has 0 bridgehead atoms. The van der Waals surface area contributed by atoms with Gasteiger partial charge < -0.3 is 20.1 Å². The van der Waals surface area contributed by atoms with Gasteiger partial charge in [-0.25, -0.2) is 0 Å². The highest BCUT2D eigenvalue weighted by Crippen LogP contribution is 2.77. The van der Waals surface area contributed by atoms with Crippen LogP contribution in [0.1, 0.15) is 106 Å². The van der Waals surface area contributed by atoms with E-state index in [-0.39, 0.29) is 53.4 Å². The molecular formula is C33H54O5. The van der Waals surface area contributed by atoms with E-state index in [1.165, 1.54) is 0 Å². The van der Waals surface area contributed by atoms with Crippen LogP contribution in [-0.2, 0) is 9.53 Å². The van der Waals surface area contributed by atoms with Gasteiger partial charge in [0.2, 0.25) is 0 Å². The molecule has 0 spiro atoms. The lowest BCUT2D eigenvalue weighted by Crippen LogP contribution is -2.67. The Kier molecular flexibility index (Phi) is 7.01. The molecular weight excluding hydrogens is 476 g/mol. The van der Waals surface area contributed by atoms with E-state index in [0.717, 1.165) is 69.8 Å². The van der Waals surface area contributed by atoms with Gasteiger partial charge in [-0.15, -0.1) is 0 Å². The van der Waals surface area contributed by atoms with Crippen molar-refractivity contribution >= 4 is 5.97 Å². The van der Waals surface area contributed by atoms with Crippen molar-refractivity contribution in [1.82, 2.24) is 0 Å². The van der Waals surface area contributed by atoms with Gasteiger partial charge in [-0.2, -0.15) is 0 Å². The van der Waals surface area contributed by atoms with E-state index >= 15 is 0 Å². The highest BCUT2D eigenvalue weighted by molar-refractivity contribution is 5.78. The normalized spacial score (nSPS) is 51.9. The summed E-state index contributed by atoms with van der Waals surface area (Å²) in [4.78, 5) is 13.8. The van der Waals surface area contributed by atoms with Crippen LogP contribution in [0.25, 0.3) is 0 Å². The molecule has 38 heavy (non-hydrogen) atoms. The molecule has 0 heterocycles. The summed E-state index contributed by atoms with van der Waals surface area (Å²) < 4.78 is 5.95. The molecule has 0 aliphatic heterocycles. The summed E-state index contributed by atoms with van der Waals surface area (Å²) >= 11 is 0. The van der Waals surface area contributed by atoms with Crippen molar-refractivity contribution in [3.63, 3.8) is 0 Å². The molecule has 0 aromatic heterocycles. The molecule has 5 nitrogen and oxygen atoms in total. The molecule has 0 aromatic rings. The van der Waals surface area contributed by atoms with Crippen LogP contribution in [0.2, 0.25) is 0 Å². The van der Waals surface area contributed by atoms with Gasteiger partial charge in [-0.1, -0.05) is 34.3 Å². The lowest BCUT2D eigenvalue weighted by molar-refractivity contribution is -0.255. The van der Waals surface area contributed by atoms with E-state index in [1.807, 2.05) is 13.8 Å². The zero-order valence-electron chi connectivity index (χ0n) is 24.9. The Morgan fingerprint density at radius 1 is 0.895 bits per heavy atom. The van der Waals surface area contributed by atoms with Gasteiger partial charge in [0.25, 0.3) is 0 Å². The number of ether oxygens (including phenoxy) is 1. The number of hydrogen-bond acceptors (Lipinski definition) is 5. The van der Waals surface area contributed by atoms with E-state index < -0.39 is 16.9 Å². The molecule has 0 radical (unpaired) electrons. The maximum Gasteiger partial charge on any atom is 0.312 e. The van der Waals surface area contributed by atoms with Crippen molar-refractivity contribution in [2.75, 3.05) is 13.2 Å². The number of fused-ring (bicyclic) bond motifs is 7. The zero-order chi connectivity index (χ0) is 27.9. The third-order valence-corrected chi connectivity index (χ3v) is 14.0. The minimum atomic E-state index is -0.466. The summed E-state index contributed by atoms with van der Waals surface area (Å²) in [5.74, 6) is 1.57. The summed E-state index contributed by atoms with van der Waals surface area (Å²) in [5, 5.41) is 31.6. The van der Waals surface area contributed by atoms with E-state index in [4.69, 9.17) is 4.74 Å². The number of rotatable bonds is 5. The third kappa shape index (κ3) is 3.56. The Bertz CT molecular complexity index is 961. The van der Waals surface area contributed by atoms with E-state index in [2.05, 4.69) is 34.3 Å². The van der Waals surface area contributed by atoms with Crippen LogP contribution in [0, 0.1) is 56.7 Å². The molecule has 3 N–H and O–H groups in total. The first kappa shape index (κ1) is 28.6. The van der Waals surface area contributed by atoms with Gasteiger partial charge in [0.1, 0.15) is 0 Å². The molecule has 5 rings (SSSR count). The van der Waals surface area contributed by atoms with Crippen LogP contribution >= 0.6 is 0 Å². The minimum absolute atomic E-state index is 0.0123. The van der Waals surface area contributed by atoms with Gasteiger partial charge in [-0.3, -0.25) is 4.79 Å². The predicted octanol–water partition coefficient (Wildman–Crippen LogP) is 5.90. The quantitative estimate of drug-likeness (QED) is 0.304. The maximum absolute atomic E-state index is 13.8. The van der Waals surface area contributed by atoms with Crippen LogP contribution in [-0.4, -0.2) is 46.7 Å². The molecule has 216 valence electrons. The fraction of sp³-hybridized carbons (Fsp3) is 0.909. The van der Waals surface area contributed by atoms with E-state index in [9.17, 15) is 20.1 Å². The summed E-state index contributed by atoms with van der Waals surface area (Å²) in [6.07, 6.45) is 9.24. The summed E-state index contributed by atoms with van der Waals surface area (Å²) in [5.41, 5.74) is 0.283. The third-order valence-electron chi connectivity index (χ3n) is 14.0. The van der Waals surface area contributed by atoms with Crippen LogP contribution < -0.4 is 0 Å². The predicted molar refractivity (Wildman–Crippen MR) is 149 cm³/mol. The smallest absolute Gasteiger partial charge is 0.312 e. The SMILES string of the molecule is C=C(CO)[C@@H]1CC[C@]2(C(=O)OC(C)C)CC[C@]3(C)[C@H](CC[C@@H]4[C@@]5(C)CC[C@H](O)[C@@](C)(CO)[C@@H]5CC[C@]43C)[C@@H]12. The number of aliphatic hydroxyl groups excluding tert-OH is 3. The Labute approximate surface area is 230 Å². The van der Waals surface area contributed by atoms with Crippen molar-refractivity contribution in [2.45, 2.75) is 118 Å².